The van der Waals surface area contributed by atoms with Crippen molar-refractivity contribution in [1.82, 2.24) is 4.90 Å². The monoisotopic (exact) mass is 390 g/mol. The number of likely N-dealkylation sites (N-methyl/N-ethyl adjacent to an activating group) is 1. The third-order valence-corrected chi connectivity index (χ3v) is 5.22. The van der Waals surface area contributed by atoms with Gasteiger partial charge in [0, 0.05) is 34.8 Å². The van der Waals surface area contributed by atoms with E-state index in [4.69, 9.17) is 11.6 Å². The quantitative estimate of drug-likeness (QED) is 0.706. The second-order valence-electron chi connectivity index (χ2n) is 6.12. The first-order valence-corrected chi connectivity index (χ1v) is 9.71. The van der Waals surface area contributed by atoms with Crippen LogP contribution in [0, 0.1) is 13.8 Å². The Morgan fingerprint density at radius 2 is 1.69 bits per heavy atom. The van der Waals surface area contributed by atoms with Crippen LogP contribution >= 0.6 is 23.4 Å². The molecule has 0 heterocycles. The van der Waals surface area contributed by atoms with Gasteiger partial charge in [-0.05, 0) is 49.2 Å². The molecule has 0 fully saturated rings. The van der Waals surface area contributed by atoms with E-state index in [9.17, 15) is 9.59 Å². The molecule has 4 nitrogen and oxygen atoms in total. The maximum absolute atomic E-state index is 12.2. The fourth-order valence-electron chi connectivity index (χ4n) is 2.47. The molecule has 0 aliphatic rings. The van der Waals surface area contributed by atoms with Crippen LogP contribution in [0.3, 0.4) is 0 Å². The Morgan fingerprint density at radius 1 is 1.08 bits per heavy atom. The highest BCUT2D eigenvalue weighted by Crippen LogP contribution is 2.21. The fraction of sp³-hybridized carbons (Fsp3) is 0.300. The molecule has 2 aromatic rings. The van der Waals surface area contributed by atoms with E-state index in [1.165, 1.54) is 4.90 Å². The van der Waals surface area contributed by atoms with Gasteiger partial charge in [-0.25, -0.2) is 0 Å². The van der Waals surface area contributed by atoms with E-state index in [-0.39, 0.29) is 18.4 Å². The minimum Gasteiger partial charge on any atom is -0.336 e. The number of para-hydroxylation sites is 1. The first kappa shape index (κ1) is 20.3. The number of thioether (sulfide) groups is 1. The molecular formula is C20H23ClN2O2S. The van der Waals surface area contributed by atoms with Gasteiger partial charge in [0.1, 0.15) is 0 Å². The molecule has 0 spiro atoms. The standard InChI is InChI=1S/C20H23ClN2O2S/c1-14-5-4-6-15(2)20(14)22-18(24)13-23(3)19(25)11-12-26-17-9-7-16(21)8-10-17/h4-10H,11-13H2,1-3H3,(H,22,24). The zero-order valence-corrected chi connectivity index (χ0v) is 16.8. The lowest BCUT2D eigenvalue weighted by atomic mass is 10.1. The Balaban J connectivity index is 1.79. The first-order valence-electron chi connectivity index (χ1n) is 8.35. The molecule has 0 saturated heterocycles. The molecule has 26 heavy (non-hydrogen) atoms. The summed E-state index contributed by atoms with van der Waals surface area (Å²) in [6, 6.07) is 13.4. The topological polar surface area (TPSA) is 49.4 Å². The van der Waals surface area contributed by atoms with Crippen molar-refractivity contribution in [3.8, 4) is 0 Å². The van der Waals surface area contributed by atoms with E-state index in [2.05, 4.69) is 5.32 Å². The molecule has 2 amide bonds. The third-order valence-electron chi connectivity index (χ3n) is 3.95. The first-order chi connectivity index (χ1) is 12.4. The molecule has 138 valence electrons. The molecule has 0 aliphatic heterocycles. The summed E-state index contributed by atoms with van der Waals surface area (Å²) in [6.07, 6.45) is 0.375. The summed E-state index contributed by atoms with van der Waals surface area (Å²) in [4.78, 5) is 27.0. The minimum atomic E-state index is -0.191. The van der Waals surface area contributed by atoms with Crippen LogP contribution in [0.5, 0.6) is 0 Å². The van der Waals surface area contributed by atoms with Crippen LogP contribution in [0.15, 0.2) is 47.4 Å². The van der Waals surface area contributed by atoms with Crippen LogP contribution in [0.25, 0.3) is 0 Å². The van der Waals surface area contributed by atoms with Crippen molar-refractivity contribution in [3.63, 3.8) is 0 Å². The number of carbonyl (C=O) groups excluding carboxylic acids is 2. The molecule has 0 bridgehead atoms. The largest absolute Gasteiger partial charge is 0.336 e. The van der Waals surface area contributed by atoms with Gasteiger partial charge in [0.15, 0.2) is 0 Å². The van der Waals surface area contributed by atoms with E-state index in [1.807, 2.05) is 56.3 Å². The number of halogens is 1. The summed E-state index contributed by atoms with van der Waals surface area (Å²) in [7, 11) is 1.65. The Labute approximate surface area is 163 Å². The van der Waals surface area contributed by atoms with Crippen LogP contribution in [0.1, 0.15) is 17.5 Å². The molecular weight excluding hydrogens is 368 g/mol. The van der Waals surface area contributed by atoms with Gasteiger partial charge in [-0.15, -0.1) is 11.8 Å². The predicted octanol–water partition coefficient (Wildman–Crippen LogP) is 4.54. The summed E-state index contributed by atoms with van der Waals surface area (Å²) < 4.78 is 0. The Hall–Kier alpha value is -1.98. The molecule has 1 N–H and O–H groups in total. The Kier molecular flexibility index (Phi) is 7.54. The molecule has 0 atom stereocenters. The smallest absolute Gasteiger partial charge is 0.243 e. The number of carbonyl (C=O) groups is 2. The SMILES string of the molecule is Cc1cccc(C)c1NC(=O)CN(C)C(=O)CCSc1ccc(Cl)cc1. The Bertz CT molecular complexity index is 758. The summed E-state index contributed by atoms with van der Waals surface area (Å²) in [5.41, 5.74) is 2.83. The predicted molar refractivity (Wildman–Crippen MR) is 109 cm³/mol. The zero-order chi connectivity index (χ0) is 19.1. The third kappa shape index (κ3) is 6.07. The minimum absolute atomic E-state index is 0.0399. The van der Waals surface area contributed by atoms with Crippen LogP contribution < -0.4 is 5.32 Å². The zero-order valence-electron chi connectivity index (χ0n) is 15.2. The number of nitrogens with one attached hydrogen (secondary N) is 1. The van der Waals surface area contributed by atoms with Crippen molar-refractivity contribution in [3.05, 3.63) is 58.6 Å². The number of aryl methyl sites for hydroxylation is 2. The van der Waals surface area contributed by atoms with Gasteiger partial charge in [-0.1, -0.05) is 29.8 Å². The highest BCUT2D eigenvalue weighted by atomic mass is 35.5. The molecule has 0 radical (unpaired) electrons. The normalized spacial score (nSPS) is 10.5. The van der Waals surface area contributed by atoms with Gasteiger partial charge in [0.25, 0.3) is 0 Å². The number of benzene rings is 2. The number of hydrogen-bond donors (Lipinski definition) is 1. The summed E-state index contributed by atoms with van der Waals surface area (Å²) >= 11 is 7.45. The van der Waals surface area contributed by atoms with Crippen molar-refractivity contribution < 1.29 is 9.59 Å². The molecule has 2 rings (SSSR count). The lowest BCUT2D eigenvalue weighted by Crippen LogP contribution is -2.35. The van der Waals surface area contributed by atoms with Gasteiger partial charge >= 0.3 is 0 Å². The lowest BCUT2D eigenvalue weighted by Gasteiger charge is -2.18. The van der Waals surface area contributed by atoms with Gasteiger partial charge < -0.3 is 10.2 Å². The second kappa shape index (κ2) is 9.64. The summed E-state index contributed by atoms with van der Waals surface area (Å²) in [6.45, 7) is 3.94. The highest BCUT2D eigenvalue weighted by molar-refractivity contribution is 7.99. The van der Waals surface area contributed by atoms with E-state index in [0.717, 1.165) is 21.7 Å². The number of amides is 2. The molecule has 0 unspecified atom stereocenters. The second-order valence-corrected chi connectivity index (χ2v) is 7.72. The molecule has 0 saturated carbocycles. The maximum atomic E-state index is 12.2. The van der Waals surface area contributed by atoms with Crippen molar-refractivity contribution >= 4 is 40.9 Å². The van der Waals surface area contributed by atoms with E-state index in [0.29, 0.717) is 17.2 Å². The number of anilines is 1. The summed E-state index contributed by atoms with van der Waals surface area (Å²) in [5, 5.41) is 3.60. The van der Waals surface area contributed by atoms with E-state index < -0.39 is 0 Å². The Morgan fingerprint density at radius 3 is 2.31 bits per heavy atom. The summed E-state index contributed by atoms with van der Waals surface area (Å²) in [5.74, 6) is 0.412. The number of rotatable bonds is 7. The highest BCUT2D eigenvalue weighted by Gasteiger charge is 2.14. The van der Waals surface area contributed by atoms with Crippen LogP contribution in [-0.2, 0) is 9.59 Å². The molecule has 0 aromatic heterocycles. The molecule has 0 aliphatic carbocycles. The van der Waals surface area contributed by atoms with E-state index in [1.54, 1.807) is 18.8 Å². The van der Waals surface area contributed by atoms with Crippen molar-refractivity contribution in [2.24, 2.45) is 0 Å². The number of nitrogens with zero attached hydrogens (tertiary/aromatic N) is 1. The van der Waals surface area contributed by atoms with Crippen molar-refractivity contribution in [2.45, 2.75) is 25.2 Å². The molecule has 6 heteroatoms. The lowest BCUT2D eigenvalue weighted by molar-refractivity contribution is -0.132. The van der Waals surface area contributed by atoms with Crippen molar-refractivity contribution in [1.29, 1.82) is 0 Å². The average Bonchev–Trinajstić information content (AvgIpc) is 2.60. The van der Waals surface area contributed by atoms with Gasteiger partial charge in [0.2, 0.25) is 11.8 Å². The fourth-order valence-corrected chi connectivity index (χ4v) is 3.44. The van der Waals surface area contributed by atoms with Crippen LogP contribution in [0.2, 0.25) is 5.02 Å². The number of hydrogen-bond acceptors (Lipinski definition) is 3. The average molecular weight is 391 g/mol. The van der Waals surface area contributed by atoms with Gasteiger partial charge in [-0.3, -0.25) is 9.59 Å². The maximum Gasteiger partial charge on any atom is 0.243 e. The van der Waals surface area contributed by atoms with Crippen molar-refractivity contribution in [2.75, 3.05) is 24.7 Å². The van der Waals surface area contributed by atoms with Gasteiger partial charge in [-0.2, -0.15) is 0 Å². The molecule has 2 aromatic carbocycles. The van der Waals surface area contributed by atoms with E-state index >= 15 is 0 Å². The van der Waals surface area contributed by atoms with Gasteiger partial charge in [0.05, 0.1) is 6.54 Å². The van der Waals surface area contributed by atoms with Crippen LogP contribution in [-0.4, -0.2) is 36.1 Å². The van der Waals surface area contributed by atoms with Crippen LogP contribution in [0.4, 0.5) is 5.69 Å².